The van der Waals surface area contributed by atoms with Gasteiger partial charge in [-0.1, -0.05) is 11.8 Å². The van der Waals surface area contributed by atoms with Gasteiger partial charge in [-0.3, -0.25) is 10.1 Å². The Hall–Kier alpha value is -1.56. The van der Waals surface area contributed by atoms with E-state index in [-0.39, 0.29) is 0 Å². The minimum Gasteiger partial charge on any atom is -0.399 e. The number of nitrogens with two attached hydrogens (primary N) is 1. The van der Waals surface area contributed by atoms with Crippen LogP contribution in [0.5, 0.6) is 0 Å². The first-order valence-corrected chi connectivity index (χ1v) is 5.45. The molecular weight excluding hydrogens is 210 g/mol. The van der Waals surface area contributed by atoms with Crippen molar-refractivity contribution in [3.8, 4) is 0 Å². The summed E-state index contributed by atoms with van der Waals surface area (Å²) < 4.78 is 0. The van der Waals surface area contributed by atoms with E-state index in [0.717, 1.165) is 28.1 Å². The van der Waals surface area contributed by atoms with Crippen molar-refractivity contribution in [2.75, 3.05) is 5.73 Å². The Kier molecular flexibility index (Phi) is 2.86. The number of aryl methyl sites for hydroxylation is 1. The Morgan fingerprint density at radius 1 is 1.53 bits per heavy atom. The van der Waals surface area contributed by atoms with Gasteiger partial charge in [0.1, 0.15) is 5.82 Å². The average Bonchev–Trinajstić information content (AvgIpc) is 2.62. The molecule has 0 radical (unpaired) electrons. The van der Waals surface area contributed by atoms with E-state index in [0.29, 0.717) is 0 Å². The number of anilines is 1. The number of pyridine rings is 1. The summed E-state index contributed by atoms with van der Waals surface area (Å²) in [7, 11) is 0. The number of hydrogen-bond acceptors (Lipinski definition) is 5. The summed E-state index contributed by atoms with van der Waals surface area (Å²) in [4.78, 5) is 8.38. The highest BCUT2D eigenvalue weighted by Crippen LogP contribution is 2.18. The molecule has 0 aliphatic rings. The molecule has 2 heterocycles. The van der Waals surface area contributed by atoms with Crippen LogP contribution in [0.25, 0.3) is 0 Å². The molecule has 6 heteroatoms. The molecule has 78 valence electrons. The van der Waals surface area contributed by atoms with Gasteiger partial charge >= 0.3 is 0 Å². The van der Waals surface area contributed by atoms with Gasteiger partial charge in [0.05, 0.1) is 5.69 Å². The lowest BCUT2D eigenvalue weighted by Crippen LogP contribution is -1.91. The van der Waals surface area contributed by atoms with Gasteiger partial charge in [-0.05, 0) is 19.1 Å². The minimum absolute atomic E-state index is 0.725. The number of nitrogens with one attached hydrogen (secondary N) is 1. The number of aromatic nitrogens is 4. The number of thioether (sulfide) groups is 1. The summed E-state index contributed by atoms with van der Waals surface area (Å²) in [5.41, 5.74) is 7.31. The van der Waals surface area contributed by atoms with Crippen molar-refractivity contribution in [3.05, 3.63) is 29.8 Å². The lowest BCUT2D eigenvalue weighted by molar-refractivity contribution is 0.968. The van der Waals surface area contributed by atoms with Gasteiger partial charge in [0.2, 0.25) is 5.16 Å². The molecule has 0 unspecified atom stereocenters. The van der Waals surface area contributed by atoms with Crippen molar-refractivity contribution in [1.29, 1.82) is 0 Å². The molecule has 0 aromatic carbocycles. The fourth-order valence-corrected chi connectivity index (χ4v) is 1.85. The van der Waals surface area contributed by atoms with Crippen LogP contribution in [0, 0.1) is 6.92 Å². The quantitative estimate of drug-likeness (QED) is 0.765. The lowest BCUT2D eigenvalue weighted by atomic mass is 10.3. The van der Waals surface area contributed by atoms with E-state index in [9.17, 15) is 0 Å². The van der Waals surface area contributed by atoms with Crippen molar-refractivity contribution >= 4 is 17.4 Å². The highest BCUT2D eigenvalue weighted by molar-refractivity contribution is 7.98. The third kappa shape index (κ3) is 2.69. The summed E-state index contributed by atoms with van der Waals surface area (Å²) in [5, 5.41) is 7.54. The van der Waals surface area contributed by atoms with Gasteiger partial charge < -0.3 is 5.73 Å². The Morgan fingerprint density at radius 3 is 3.07 bits per heavy atom. The predicted octanol–water partition coefficient (Wildman–Crippen LogP) is 1.38. The van der Waals surface area contributed by atoms with E-state index in [1.807, 2.05) is 13.0 Å². The number of rotatable bonds is 3. The zero-order chi connectivity index (χ0) is 10.7. The predicted molar refractivity (Wildman–Crippen MR) is 59.3 cm³/mol. The molecule has 2 rings (SSSR count). The SMILES string of the molecule is Cc1nc(SCc2cc(N)ccn2)n[nH]1. The Labute approximate surface area is 91.5 Å². The zero-order valence-electron chi connectivity index (χ0n) is 8.27. The molecule has 0 amide bonds. The third-order valence-electron chi connectivity index (χ3n) is 1.77. The number of nitrogens with zero attached hydrogens (tertiary/aromatic N) is 3. The number of H-pyrrole nitrogens is 1. The second kappa shape index (κ2) is 4.31. The van der Waals surface area contributed by atoms with Gasteiger partial charge in [0, 0.05) is 17.6 Å². The first-order chi connectivity index (χ1) is 7.24. The lowest BCUT2D eigenvalue weighted by Gasteiger charge is -1.98. The topological polar surface area (TPSA) is 80.5 Å². The minimum atomic E-state index is 0.725. The summed E-state index contributed by atoms with van der Waals surface area (Å²) in [6.45, 7) is 1.87. The first-order valence-electron chi connectivity index (χ1n) is 4.46. The van der Waals surface area contributed by atoms with Crippen LogP contribution in [-0.2, 0) is 5.75 Å². The molecule has 0 spiro atoms. The van der Waals surface area contributed by atoms with Gasteiger partial charge in [-0.15, -0.1) is 5.10 Å². The maximum Gasteiger partial charge on any atom is 0.208 e. The molecule has 2 aromatic heterocycles. The molecule has 0 aliphatic heterocycles. The molecule has 0 saturated heterocycles. The van der Waals surface area contributed by atoms with Crippen molar-refractivity contribution < 1.29 is 0 Å². The normalized spacial score (nSPS) is 10.5. The molecule has 0 saturated carbocycles. The molecule has 2 aromatic rings. The summed E-state index contributed by atoms with van der Waals surface area (Å²) >= 11 is 1.53. The average molecular weight is 221 g/mol. The van der Waals surface area contributed by atoms with E-state index in [2.05, 4.69) is 20.2 Å². The van der Waals surface area contributed by atoms with Crippen molar-refractivity contribution in [2.45, 2.75) is 17.8 Å². The van der Waals surface area contributed by atoms with Gasteiger partial charge in [-0.25, -0.2) is 4.98 Å². The largest absolute Gasteiger partial charge is 0.399 e. The maximum absolute atomic E-state index is 5.64. The molecule has 0 fully saturated rings. The first kappa shape index (κ1) is 9.97. The van der Waals surface area contributed by atoms with E-state index in [1.54, 1.807) is 12.3 Å². The van der Waals surface area contributed by atoms with Gasteiger partial charge in [0.15, 0.2) is 0 Å². The standard InChI is InChI=1S/C9H11N5S/c1-6-12-9(14-13-6)15-5-8-4-7(10)2-3-11-8/h2-4H,5H2,1H3,(H2,10,11)(H,12,13,14). The van der Waals surface area contributed by atoms with Crippen LogP contribution in [0.4, 0.5) is 5.69 Å². The molecular formula is C9H11N5S. The van der Waals surface area contributed by atoms with Crippen molar-refractivity contribution in [2.24, 2.45) is 0 Å². The second-order valence-electron chi connectivity index (χ2n) is 3.07. The number of aromatic amines is 1. The summed E-state index contributed by atoms with van der Waals surface area (Å²) in [5.74, 6) is 1.54. The van der Waals surface area contributed by atoms with Crippen LogP contribution in [0.2, 0.25) is 0 Å². The van der Waals surface area contributed by atoms with Gasteiger partial charge in [-0.2, -0.15) is 0 Å². The molecule has 5 nitrogen and oxygen atoms in total. The van der Waals surface area contributed by atoms with Crippen molar-refractivity contribution in [1.82, 2.24) is 20.2 Å². The monoisotopic (exact) mass is 221 g/mol. The highest BCUT2D eigenvalue weighted by atomic mass is 32.2. The number of hydrogen-bond donors (Lipinski definition) is 2. The van der Waals surface area contributed by atoms with Crippen LogP contribution in [0.1, 0.15) is 11.5 Å². The molecule has 0 atom stereocenters. The summed E-state index contributed by atoms with van der Waals surface area (Å²) in [6, 6.07) is 3.62. The molecule has 15 heavy (non-hydrogen) atoms. The van der Waals surface area contributed by atoms with Crippen LogP contribution in [0.3, 0.4) is 0 Å². The maximum atomic E-state index is 5.64. The summed E-state index contributed by atoms with van der Waals surface area (Å²) in [6.07, 6.45) is 1.70. The molecule has 0 aliphatic carbocycles. The Balaban J connectivity index is 1.99. The molecule has 3 N–H and O–H groups in total. The second-order valence-corrected chi connectivity index (χ2v) is 4.02. The zero-order valence-corrected chi connectivity index (χ0v) is 9.08. The van der Waals surface area contributed by atoms with E-state index >= 15 is 0 Å². The Morgan fingerprint density at radius 2 is 2.40 bits per heavy atom. The van der Waals surface area contributed by atoms with Crippen LogP contribution < -0.4 is 5.73 Å². The van der Waals surface area contributed by atoms with Crippen molar-refractivity contribution in [3.63, 3.8) is 0 Å². The van der Waals surface area contributed by atoms with Gasteiger partial charge in [0.25, 0.3) is 0 Å². The Bertz CT molecular complexity index is 453. The highest BCUT2D eigenvalue weighted by Gasteiger charge is 2.02. The van der Waals surface area contributed by atoms with Crippen LogP contribution in [0.15, 0.2) is 23.5 Å². The number of nitrogen functional groups attached to an aromatic ring is 1. The van der Waals surface area contributed by atoms with E-state index in [1.165, 1.54) is 11.8 Å². The van der Waals surface area contributed by atoms with Crippen LogP contribution in [-0.4, -0.2) is 20.2 Å². The fraction of sp³-hybridized carbons (Fsp3) is 0.222. The third-order valence-corrected chi connectivity index (χ3v) is 2.65. The van der Waals surface area contributed by atoms with E-state index in [4.69, 9.17) is 5.73 Å². The molecule has 0 bridgehead atoms. The van der Waals surface area contributed by atoms with Crippen LogP contribution >= 0.6 is 11.8 Å². The smallest absolute Gasteiger partial charge is 0.208 e. The fourth-order valence-electron chi connectivity index (χ4n) is 1.10. The van der Waals surface area contributed by atoms with E-state index < -0.39 is 0 Å².